The third-order valence-corrected chi connectivity index (χ3v) is 4.36. The summed E-state index contributed by atoms with van der Waals surface area (Å²) in [4.78, 5) is 4.01. The van der Waals surface area contributed by atoms with Crippen LogP contribution in [0.5, 0.6) is 0 Å². The molecule has 0 spiro atoms. The van der Waals surface area contributed by atoms with Crippen LogP contribution in [0.4, 0.5) is 0 Å². The fourth-order valence-electron chi connectivity index (χ4n) is 3.10. The van der Waals surface area contributed by atoms with Gasteiger partial charge in [0.25, 0.3) is 0 Å². The minimum atomic E-state index is -0.455. The lowest BCUT2D eigenvalue weighted by molar-refractivity contribution is 0.00843. The van der Waals surface area contributed by atoms with E-state index in [1.54, 1.807) is 12.4 Å². The van der Waals surface area contributed by atoms with Crippen molar-refractivity contribution in [3.63, 3.8) is 0 Å². The molecule has 3 heteroatoms. The molecule has 0 aromatic carbocycles. The van der Waals surface area contributed by atoms with E-state index in [-0.39, 0.29) is 5.41 Å². The summed E-state index contributed by atoms with van der Waals surface area (Å²) < 4.78 is 0. The molecule has 18 heavy (non-hydrogen) atoms. The van der Waals surface area contributed by atoms with Crippen LogP contribution in [0.1, 0.15) is 56.6 Å². The van der Waals surface area contributed by atoms with Crippen molar-refractivity contribution >= 4 is 0 Å². The van der Waals surface area contributed by atoms with Crippen LogP contribution in [0.15, 0.2) is 24.5 Å². The molecule has 1 aliphatic rings. The van der Waals surface area contributed by atoms with Crippen molar-refractivity contribution in [1.29, 1.82) is 0 Å². The van der Waals surface area contributed by atoms with Crippen LogP contribution in [0.3, 0.4) is 0 Å². The third kappa shape index (κ3) is 2.90. The number of aromatic nitrogens is 1. The van der Waals surface area contributed by atoms with Gasteiger partial charge in [-0.25, -0.2) is 0 Å². The summed E-state index contributed by atoms with van der Waals surface area (Å²) in [6.45, 7) is 0.566. The van der Waals surface area contributed by atoms with Gasteiger partial charge in [0, 0.05) is 24.4 Å². The van der Waals surface area contributed by atoms with E-state index in [1.807, 2.05) is 12.1 Å². The maximum atomic E-state index is 10.7. The van der Waals surface area contributed by atoms with E-state index >= 15 is 0 Å². The molecule has 2 rings (SSSR count). The number of aliphatic hydroxyl groups is 1. The maximum Gasteiger partial charge on any atom is 0.0859 e. The van der Waals surface area contributed by atoms with Crippen molar-refractivity contribution in [1.82, 2.24) is 4.98 Å². The average Bonchev–Trinajstić information content (AvgIpc) is 2.40. The van der Waals surface area contributed by atoms with Gasteiger partial charge in [0.05, 0.1) is 6.10 Å². The lowest BCUT2D eigenvalue weighted by atomic mass is 9.70. The predicted octanol–water partition coefficient (Wildman–Crippen LogP) is 2.80. The molecule has 1 heterocycles. The number of hydrogen-bond donors (Lipinski definition) is 2. The van der Waals surface area contributed by atoms with Gasteiger partial charge in [0.15, 0.2) is 0 Å². The number of rotatable bonds is 3. The number of nitrogens with zero attached hydrogens (tertiary/aromatic N) is 1. The normalized spacial score (nSPS) is 21.9. The highest BCUT2D eigenvalue weighted by Gasteiger charge is 2.37. The molecule has 1 saturated carbocycles. The van der Waals surface area contributed by atoms with Gasteiger partial charge < -0.3 is 10.8 Å². The van der Waals surface area contributed by atoms with Crippen molar-refractivity contribution in [3.05, 3.63) is 30.1 Å². The van der Waals surface area contributed by atoms with Gasteiger partial charge in [0.2, 0.25) is 0 Å². The topological polar surface area (TPSA) is 59.1 Å². The maximum absolute atomic E-state index is 10.7. The number of aliphatic hydroxyl groups excluding tert-OH is 1. The van der Waals surface area contributed by atoms with Crippen molar-refractivity contribution in [2.75, 3.05) is 6.54 Å². The van der Waals surface area contributed by atoms with E-state index in [1.165, 1.54) is 32.1 Å². The summed E-state index contributed by atoms with van der Waals surface area (Å²) in [5, 5.41) is 10.7. The molecule has 0 radical (unpaired) electrons. The highest BCUT2D eigenvalue weighted by Crippen LogP contribution is 2.43. The van der Waals surface area contributed by atoms with Gasteiger partial charge in [-0.15, -0.1) is 0 Å². The van der Waals surface area contributed by atoms with E-state index < -0.39 is 6.10 Å². The monoisotopic (exact) mass is 248 g/mol. The second kappa shape index (κ2) is 6.30. The molecule has 1 unspecified atom stereocenters. The Kier molecular flexibility index (Phi) is 4.72. The Labute approximate surface area is 109 Å². The molecular weight excluding hydrogens is 224 g/mol. The van der Waals surface area contributed by atoms with Crippen LogP contribution in [0, 0.1) is 5.41 Å². The molecule has 1 atom stereocenters. The molecule has 3 nitrogen and oxygen atoms in total. The molecule has 1 fully saturated rings. The summed E-state index contributed by atoms with van der Waals surface area (Å²) in [5.41, 5.74) is 6.84. The van der Waals surface area contributed by atoms with Gasteiger partial charge in [-0.05, 0) is 30.5 Å². The first-order valence-electron chi connectivity index (χ1n) is 7.06. The Morgan fingerprint density at radius 3 is 2.22 bits per heavy atom. The third-order valence-electron chi connectivity index (χ3n) is 4.36. The van der Waals surface area contributed by atoms with Crippen LogP contribution < -0.4 is 5.73 Å². The zero-order valence-electron chi connectivity index (χ0n) is 11.0. The van der Waals surface area contributed by atoms with E-state index in [2.05, 4.69) is 4.98 Å². The quantitative estimate of drug-likeness (QED) is 0.864. The number of hydrogen-bond acceptors (Lipinski definition) is 3. The second-order valence-corrected chi connectivity index (χ2v) is 5.52. The van der Waals surface area contributed by atoms with E-state index in [0.717, 1.165) is 18.4 Å². The van der Waals surface area contributed by atoms with E-state index in [0.29, 0.717) is 6.54 Å². The summed E-state index contributed by atoms with van der Waals surface area (Å²) >= 11 is 0. The van der Waals surface area contributed by atoms with Crippen molar-refractivity contribution < 1.29 is 5.11 Å². The van der Waals surface area contributed by atoms with Gasteiger partial charge >= 0.3 is 0 Å². The van der Waals surface area contributed by atoms with Crippen LogP contribution in [-0.4, -0.2) is 16.6 Å². The Hall–Kier alpha value is -0.930. The zero-order valence-corrected chi connectivity index (χ0v) is 11.0. The Balaban J connectivity index is 2.18. The minimum Gasteiger partial charge on any atom is -0.388 e. The molecule has 3 N–H and O–H groups in total. The first-order valence-corrected chi connectivity index (χ1v) is 7.06. The molecule has 0 bridgehead atoms. The van der Waals surface area contributed by atoms with Crippen LogP contribution in [0.25, 0.3) is 0 Å². The Morgan fingerprint density at radius 1 is 1.11 bits per heavy atom. The van der Waals surface area contributed by atoms with Crippen LogP contribution in [-0.2, 0) is 0 Å². The number of nitrogens with two attached hydrogens (primary N) is 1. The van der Waals surface area contributed by atoms with Gasteiger partial charge in [-0.3, -0.25) is 4.98 Å². The van der Waals surface area contributed by atoms with Crippen molar-refractivity contribution in [2.45, 2.75) is 51.0 Å². The fraction of sp³-hybridized carbons (Fsp3) is 0.667. The Bertz CT molecular complexity index is 345. The first-order chi connectivity index (χ1) is 8.78. The standard InChI is InChI=1S/C15H24N2O/c16-12-15(8-4-2-1-3-5-9-15)14(18)13-6-10-17-11-7-13/h6-7,10-11,14,18H,1-5,8-9,12,16H2. The molecule has 100 valence electrons. The zero-order chi connectivity index (χ0) is 12.8. The van der Waals surface area contributed by atoms with Crippen molar-refractivity contribution in [2.24, 2.45) is 11.1 Å². The van der Waals surface area contributed by atoms with Gasteiger partial charge in [0.1, 0.15) is 0 Å². The molecule has 0 aliphatic heterocycles. The Morgan fingerprint density at radius 2 is 1.67 bits per heavy atom. The average molecular weight is 248 g/mol. The molecule has 1 aromatic rings. The van der Waals surface area contributed by atoms with Crippen LogP contribution in [0.2, 0.25) is 0 Å². The number of pyridine rings is 1. The minimum absolute atomic E-state index is 0.137. The predicted molar refractivity (Wildman–Crippen MR) is 73.0 cm³/mol. The van der Waals surface area contributed by atoms with Gasteiger partial charge in [-0.1, -0.05) is 32.1 Å². The van der Waals surface area contributed by atoms with Crippen LogP contribution >= 0.6 is 0 Å². The lowest BCUT2D eigenvalue weighted by Crippen LogP contribution is -2.37. The summed E-state index contributed by atoms with van der Waals surface area (Å²) in [5.74, 6) is 0. The summed E-state index contributed by atoms with van der Waals surface area (Å²) in [6.07, 6.45) is 11.3. The largest absolute Gasteiger partial charge is 0.388 e. The lowest BCUT2D eigenvalue weighted by Gasteiger charge is -2.39. The molecule has 1 aliphatic carbocycles. The molecule has 1 aromatic heterocycles. The van der Waals surface area contributed by atoms with Crippen molar-refractivity contribution in [3.8, 4) is 0 Å². The smallest absolute Gasteiger partial charge is 0.0859 e. The molecule has 0 amide bonds. The second-order valence-electron chi connectivity index (χ2n) is 5.52. The fourth-order valence-corrected chi connectivity index (χ4v) is 3.10. The summed E-state index contributed by atoms with van der Waals surface area (Å²) in [6, 6.07) is 3.81. The van der Waals surface area contributed by atoms with E-state index in [9.17, 15) is 5.11 Å². The summed E-state index contributed by atoms with van der Waals surface area (Å²) in [7, 11) is 0. The SMILES string of the molecule is NCC1(C(O)c2ccncc2)CCCCCCC1. The molecular formula is C15H24N2O. The molecule has 0 saturated heterocycles. The van der Waals surface area contributed by atoms with E-state index in [4.69, 9.17) is 5.73 Å². The highest BCUT2D eigenvalue weighted by molar-refractivity contribution is 5.16. The first kappa shape index (κ1) is 13.5. The van der Waals surface area contributed by atoms with Gasteiger partial charge in [-0.2, -0.15) is 0 Å². The highest BCUT2D eigenvalue weighted by atomic mass is 16.3.